The lowest BCUT2D eigenvalue weighted by molar-refractivity contribution is 0.0939. The molecule has 314 valence electrons. The number of Topliss-reactive ketones (excluding diaryl/α,β-unsaturated/α-hetero) is 2. The maximum atomic E-state index is 12.4. The Morgan fingerprint density at radius 2 is 1.08 bits per heavy atom. The maximum absolute atomic E-state index is 12.4. The van der Waals surface area contributed by atoms with E-state index in [1.807, 2.05) is 89.4 Å². The normalized spacial score (nSPS) is 14.1. The van der Waals surface area contributed by atoms with Gasteiger partial charge in [0, 0.05) is 59.8 Å². The fourth-order valence-electron chi connectivity index (χ4n) is 6.99. The fourth-order valence-corrected chi connectivity index (χ4v) is 7.18. The second kappa shape index (κ2) is 17.2. The minimum absolute atomic E-state index is 0.200. The van der Waals surface area contributed by atoms with E-state index in [2.05, 4.69) is 25.7 Å². The number of fused-ring (bicyclic) bond motifs is 2. The number of nitrogens with zero attached hydrogens (tertiary/aromatic N) is 6. The van der Waals surface area contributed by atoms with Crippen LogP contribution in [-0.2, 0) is 0 Å². The first-order valence-electron chi connectivity index (χ1n) is 20.9. The minimum Gasteiger partial charge on any atom is -0.389 e. The molecule has 2 fully saturated rings. The van der Waals surface area contributed by atoms with Crippen LogP contribution in [-0.4, -0.2) is 75.3 Å². The Morgan fingerprint density at radius 1 is 0.639 bits per heavy atom. The van der Waals surface area contributed by atoms with Crippen LogP contribution in [0.1, 0.15) is 86.9 Å². The molecule has 12 nitrogen and oxygen atoms in total. The van der Waals surface area contributed by atoms with E-state index in [0.717, 1.165) is 50.6 Å². The molecule has 13 heteroatoms. The van der Waals surface area contributed by atoms with E-state index in [-0.39, 0.29) is 11.6 Å². The number of halogens is 1. The molecule has 0 radical (unpaired) electrons. The summed E-state index contributed by atoms with van der Waals surface area (Å²) in [5, 5.41) is 36.3. The molecule has 0 amide bonds. The van der Waals surface area contributed by atoms with Crippen LogP contribution in [0.4, 0.5) is 11.4 Å². The highest BCUT2D eigenvalue weighted by molar-refractivity contribution is 6.29. The number of nitrogens with one attached hydrogen (secondary N) is 2. The highest BCUT2D eigenvalue weighted by Gasteiger charge is 2.26. The summed E-state index contributed by atoms with van der Waals surface area (Å²) in [5.41, 5.74) is 7.82. The Balaban J connectivity index is 0.000000171. The Morgan fingerprint density at radius 3 is 1.52 bits per heavy atom. The standard InChI is InChI=1S/C27H28N4O2.C21H23ClN4O2/c1-27(2,33)17-29-23-15-22(19-6-4-3-5-7-19)30-31-24(16-28-26(23)31)20-10-12-21(13-11-20)25(32)14-18-8-9-18;1-21(2,28)12-24-16-10-19(22)25-26-17(11-23-20(16)26)14-5-7-15(8-6-14)18(27)9-13-3-4-13/h3-7,10-13,15-16,18,29,33H,8-9,14,17H2,1-2H3;5-8,10-11,13,24,28H,3-4,9,12H2,1-2H3. The van der Waals surface area contributed by atoms with Gasteiger partial charge in [0.2, 0.25) is 0 Å². The van der Waals surface area contributed by atoms with E-state index in [1.165, 1.54) is 25.7 Å². The number of hydrogen-bond acceptors (Lipinski definition) is 10. The van der Waals surface area contributed by atoms with Crippen molar-refractivity contribution in [1.29, 1.82) is 0 Å². The van der Waals surface area contributed by atoms with Crippen LogP contribution in [0.3, 0.4) is 0 Å². The lowest BCUT2D eigenvalue weighted by Gasteiger charge is -2.19. The van der Waals surface area contributed by atoms with Crippen molar-refractivity contribution >= 4 is 45.8 Å². The van der Waals surface area contributed by atoms with Crippen molar-refractivity contribution in [3.63, 3.8) is 0 Å². The van der Waals surface area contributed by atoms with Crippen LogP contribution in [0, 0.1) is 11.8 Å². The van der Waals surface area contributed by atoms with Gasteiger partial charge in [-0.25, -0.2) is 19.0 Å². The summed E-state index contributed by atoms with van der Waals surface area (Å²) in [4.78, 5) is 33.8. The molecule has 7 aromatic rings. The monoisotopic (exact) mass is 838 g/mol. The van der Waals surface area contributed by atoms with E-state index in [4.69, 9.17) is 16.7 Å². The number of hydrogen-bond donors (Lipinski definition) is 4. The zero-order valence-corrected chi connectivity index (χ0v) is 35.7. The van der Waals surface area contributed by atoms with E-state index < -0.39 is 11.2 Å². The van der Waals surface area contributed by atoms with Crippen molar-refractivity contribution in [2.24, 2.45) is 11.8 Å². The molecule has 4 N–H and O–H groups in total. The molecule has 0 atom stereocenters. The number of rotatable bonds is 15. The molecular formula is C48H51ClN8O4. The Kier molecular flexibility index (Phi) is 11.8. The van der Waals surface area contributed by atoms with E-state index in [9.17, 15) is 19.8 Å². The summed E-state index contributed by atoms with van der Waals surface area (Å²) in [5.74, 6) is 1.56. The van der Waals surface area contributed by atoms with Gasteiger partial charge in [-0.15, -0.1) is 0 Å². The van der Waals surface area contributed by atoms with Crippen molar-refractivity contribution < 1.29 is 19.8 Å². The number of anilines is 2. The minimum atomic E-state index is -0.870. The van der Waals surface area contributed by atoms with Crippen LogP contribution >= 0.6 is 11.6 Å². The second-order valence-electron chi connectivity index (χ2n) is 17.6. The van der Waals surface area contributed by atoms with Crippen molar-refractivity contribution in [3.05, 3.63) is 120 Å². The number of carbonyl (C=O) groups is 2. The summed E-state index contributed by atoms with van der Waals surface area (Å²) in [6, 6.07) is 28.9. The molecule has 2 saturated carbocycles. The molecule has 0 spiro atoms. The van der Waals surface area contributed by atoms with Crippen molar-refractivity contribution in [2.75, 3.05) is 23.7 Å². The van der Waals surface area contributed by atoms with Gasteiger partial charge >= 0.3 is 0 Å². The van der Waals surface area contributed by atoms with E-state index in [1.54, 1.807) is 50.7 Å². The molecule has 0 bridgehead atoms. The van der Waals surface area contributed by atoms with Gasteiger partial charge in [-0.3, -0.25) is 9.59 Å². The highest BCUT2D eigenvalue weighted by Crippen LogP contribution is 2.35. The average molecular weight is 839 g/mol. The summed E-state index contributed by atoms with van der Waals surface area (Å²) in [6.45, 7) is 7.70. The van der Waals surface area contributed by atoms with Crippen LogP contribution in [0.5, 0.6) is 0 Å². The van der Waals surface area contributed by atoms with Gasteiger partial charge in [0.05, 0.1) is 52.1 Å². The third-order valence-corrected chi connectivity index (χ3v) is 10.9. The Bertz CT molecular complexity index is 2670. The smallest absolute Gasteiger partial charge is 0.177 e. The predicted octanol–water partition coefficient (Wildman–Crippen LogP) is 9.44. The van der Waals surface area contributed by atoms with Crippen molar-refractivity contribution in [2.45, 2.75) is 77.4 Å². The predicted molar refractivity (Wildman–Crippen MR) is 240 cm³/mol. The van der Waals surface area contributed by atoms with Gasteiger partial charge in [0.1, 0.15) is 0 Å². The first-order chi connectivity index (χ1) is 29.2. The summed E-state index contributed by atoms with van der Waals surface area (Å²) >= 11 is 6.20. The number of ketones is 2. The SMILES string of the molecule is CC(C)(O)CNc1cc(-c2ccccc2)nn2c(-c3ccc(C(=O)CC4CC4)cc3)cnc12.CC(C)(O)CNc1cc(Cl)nn2c(-c3ccc(C(=O)CC4CC4)cc3)cnc12. The maximum Gasteiger partial charge on any atom is 0.177 e. The third-order valence-electron chi connectivity index (χ3n) is 10.7. The van der Waals surface area contributed by atoms with Gasteiger partial charge in [0.25, 0.3) is 0 Å². The lowest BCUT2D eigenvalue weighted by atomic mass is 10.0. The molecule has 9 rings (SSSR count). The van der Waals surface area contributed by atoms with Crippen LogP contribution in [0.15, 0.2) is 103 Å². The van der Waals surface area contributed by atoms with Crippen LogP contribution in [0.25, 0.3) is 45.1 Å². The van der Waals surface area contributed by atoms with E-state index in [0.29, 0.717) is 59.9 Å². The first-order valence-corrected chi connectivity index (χ1v) is 21.2. The number of aromatic nitrogens is 6. The summed E-state index contributed by atoms with van der Waals surface area (Å²) < 4.78 is 3.51. The molecule has 0 aliphatic heterocycles. The molecular weight excluding hydrogens is 788 g/mol. The average Bonchev–Trinajstić information content (AvgIpc) is 4.16. The zero-order chi connectivity index (χ0) is 42.9. The molecule has 61 heavy (non-hydrogen) atoms. The second-order valence-corrected chi connectivity index (χ2v) is 18.0. The topological polar surface area (TPSA) is 159 Å². The molecule has 0 saturated heterocycles. The van der Waals surface area contributed by atoms with Gasteiger partial charge in [-0.05, 0) is 71.3 Å². The van der Waals surface area contributed by atoms with Gasteiger partial charge in [0.15, 0.2) is 28.0 Å². The molecule has 4 heterocycles. The Hall–Kier alpha value is -5.95. The Labute approximate surface area is 360 Å². The summed E-state index contributed by atoms with van der Waals surface area (Å²) in [6.07, 6.45) is 9.50. The molecule has 3 aromatic carbocycles. The van der Waals surface area contributed by atoms with Gasteiger partial charge in [-0.1, -0.05) is 90.5 Å². The van der Waals surface area contributed by atoms with E-state index >= 15 is 0 Å². The number of aliphatic hydroxyl groups is 2. The highest BCUT2D eigenvalue weighted by atomic mass is 35.5. The fraction of sp³-hybridized carbons (Fsp3) is 0.333. The third kappa shape index (κ3) is 10.5. The van der Waals surface area contributed by atoms with Crippen LogP contribution < -0.4 is 10.6 Å². The van der Waals surface area contributed by atoms with Crippen molar-refractivity contribution in [1.82, 2.24) is 29.2 Å². The quantitative estimate of drug-likeness (QED) is 0.0733. The molecule has 0 unspecified atom stereocenters. The van der Waals surface area contributed by atoms with Crippen LogP contribution in [0.2, 0.25) is 5.15 Å². The van der Waals surface area contributed by atoms with Gasteiger partial charge in [-0.2, -0.15) is 10.2 Å². The number of carbonyl (C=O) groups excluding carboxylic acids is 2. The zero-order valence-electron chi connectivity index (χ0n) is 34.9. The molecule has 4 aromatic heterocycles. The van der Waals surface area contributed by atoms with Gasteiger partial charge < -0.3 is 20.8 Å². The first kappa shape index (κ1) is 41.8. The largest absolute Gasteiger partial charge is 0.389 e. The number of benzene rings is 3. The summed E-state index contributed by atoms with van der Waals surface area (Å²) in [7, 11) is 0. The van der Waals surface area contributed by atoms with Crippen molar-refractivity contribution in [3.8, 4) is 33.8 Å². The number of imidazole rings is 2. The lowest BCUT2D eigenvalue weighted by Crippen LogP contribution is -2.29. The molecule has 2 aliphatic carbocycles. The molecule has 2 aliphatic rings.